The quantitative estimate of drug-likeness (QED) is 0.488. The molecule has 0 aliphatic carbocycles. The molecule has 16 heavy (non-hydrogen) atoms. The number of fused-ring (bicyclic) bond motifs is 1. The van der Waals surface area contributed by atoms with Gasteiger partial charge in [-0.25, -0.2) is 10.1 Å². The van der Waals surface area contributed by atoms with E-state index in [2.05, 4.69) is 10.7 Å². The molecule has 0 aromatic carbocycles. The Morgan fingerprint density at radius 3 is 3.06 bits per heavy atom. The van der Waals surface area contributed by atoms with E-state index in [-0.39, 0.29) is 6.61 Å². The molecule has 1 aliphatic heterocycles. The van der Waals surface area contributed by atoms with Gasteiger partial charge in [-0.2, -0.15) is 0 Å². The lowest BCUT2D eigenvalue weighted by atomic mass is 10.3. The first-order valence-corrected chi connectivity index (χ1v) is 4.90. The second kappa shape index (κ2) is 4.12. The van der Waals surface area contributed by atoms with E-state index < -0.39 is 18.5 Å². The van der Waals surface area contributed by atoms with E-state index in [9.17, 15) is 15.0 Å². The summed E-state index contributed by atoms with van der Waals surface area (Å²) >= 11 is 0. The Labute approximate surface area is 91.6 Å². The maximum atomic E-state index is 11.4. The van der Waals surface area contributed by atoms with E-state index in [1.54, 1.807) is 6.92 Å². The van der Waals surface area contributed by atoms with Gasteiger partial charge in [0.1, 0.15) is 0 Å². The molecule has 0 saturated heterocycles. The highest BCUT2D eigenvalue weighted by Crippen LogP contribution is 2.18. The fraction of sp³-hybridized carbons (Fsp3) is 0.444. The van der Waals surface area contributed by atoms with Crippen molar-refractivity contribution in [3.8, 4) is 0 Å². The van der Waals surface area contributed by atoms with E-state index in [1.807, 2.05) is 0 Å². The van der Waals surface area contributed by atoms with Gasteiger partial charge in [-0.15, -0.1) is 0 Å². The number of carbonyl (C=O) groups excluding carboxylic acids is 1. The Morgan fingerprint density at radius 1 is 1.62 bits per heavy atom. The summed E-state index contributed by atoms with van der Waals surface area (Å²) in [5, 5.41) is 21.3. The lowest BCUT2D eigenvalue weighted by molar-refractivity contribution is 0.0286. The Morgan fingerprint density at radius 2 is 2.38 bits per heavy atom. The van der Waals surface area contributed by atoms with Gasteiger partial charge in [-0.3, -0.25) is 10.1 Å². The van der Waals surface area contributed by atoms with Gasteiger partial charge < -0.3 is 14.9 Å². The fourth-order valence-corrected chi connectivity index (χ4v) is 1.53. The highest BCUT2D eigenvalue weighted by molar-refractivity contribution is 5.89. The predicted molar refractivity (Wildman–Crippen MR) is 53.9 cm³/mol. The summed E-state index contributed by atoms with van der Waals surface area (Å²) < 4.78 is 6.21. The first-order valence-electron chi connectivity index (χ1n) is 4.90. The number of hydrogen-bond donors (Lipinski definition) is 4. The lowest BCUT2D eigenvalue weighted by Crippen LogP contribution is -2.48. The van der Waals surface area contributed by atoms with E-state index >= 15 is 0 Å². The van der Waals surface area contributed by atoms with Crippen LogP contribution in [0.25, 0.3) is 0 Å². The van der Waals surface area contributed by atoms with Crippen molar-refractivity contribution in [1.29, 1.82) is 0 Å². The van der Waals surface area contributed by atoms with E-state index in [0.29, 0.717) is 11.3 Å². The maximum absolute atomic E-state index is 11.4. The number of carbonyl (C=O) groups is 1. The van der Waals surface area contributed by atoms with Crippen LogP contribution in [0, 0.1) is 0 Å². The number of nitrogens with zero attached hydrogens (tertiary/aromatic N) is 1. The smallest absolute Gasteiger partial charge is 0.339 e. The molecule has 7 nitrogen and oxygen atoms in total. The first-order chi connectivity index (χ1) is 7.61. The molecule has 2 rings (SSSR count). The standard InChI is InChI=1S/C9H13N3O4/c1-2-16-8(14)5-3-6-7(13)10-9(15)11-12(6)4-5/h3-4,7,9-11,13,15H,2H2,1H3. The molecule has 2 heterocycles. The minimum Gasteiger partial charge on any atom is -0.462 e. The van der Waals surface area contributed by atoms with Crippen LogP contribution in [-0.4, -0.2) is 33.8 Å². The zero-order chi connectivity index (χ0) is 11.7. The largest absolute Gasteiger partial charge is 0.462 e. The van der Waals surface area contributed by atoms with Gasteiger partial charge >= 0.3 is 5.97 Å². The van der Waals surface area contributed by atoms with Crippen LogP contribution in [0.2, 0.25) is 0 Å². The Hall–Kier alpha value is -1.57. The van der Waals surface area contributed by atoms with Crippen LogP contribution in [0.1, 0.15) is 29.2 Å². The van der Waals surface area contributed by atoms with Gasteiger partial charge in [0.25, 0.3) is 0 Å². The molecule has 2 unspecified atom stereocenters. The van der Waals surface area contributed by atoms with Gasteiger partial charge in [0.2, 0.25) is 0 Å². The molecule has 0 bridgehead atoms. The van der Waals surface area contributed by atoms with Crippen molar-refractivity contribution in [3.63, 3.8) is 0 Å². The van der Waals surface area contributed by atoms with Crippen LogP contribution in [0.5, 0.6) is 0 Å². The molecule has 0 radical (unpaired) electrons. The highest BCUT2D eigenvalue weighted by atomic mass is 16.5. The maximum Gasteiger partial charge on any atom is 0.339 e. The van der Waals surface area contributed by atoms with Crippen molar-refractivity contribution in [1.82, 2.24) is 9.99 Å². The molecule has 7 heteroatoms. The van der Waals surface area contributed by atoms with Crippen molar-refractivity contribution in [2.24, 2.45) is 0 Å². The van der Waals surface area contributed by atoms with Gasteiger partial charge in [0.15, 0.2) is 12.6 Å². The number of aliphatic hydroxyl groups is 2. The summed E-state index contributed by atoms with van der Waals surface area (Å²) in [6.45, 7) is 2.00. The second-order valence-electron chi connectivity index (χ2n) is 3.34. The van der Waals surface area contributed by atoms with Crippen LogP contribution in [-0.2, 0) is 4.74 Å². The van der Waals surface area contributed by atoms with E-state index in [0.717, 1.165) is 0 Å². The third-order valence-electron chi connectivity index (χ3n) is 2.22. The van der Waals surface area contributed by atoms with Crippen molar-refractivity contribution < 1.29 is 19.7 Å². The highest BCUT2D eigenvalue weighted by Gasteiger charge is 2.25. The number of esters is 1. The van der Waals surface area contributed by atoms with Gasteiger partial charge in [-0.1, -0.05) is 0 Å². The van der Waals surface area contributed by atoms with Crippen molar-refractivity contribution in [2.45, 2.75) is 19.5 Å². The van der Waals surface area contributed by atoms with Crippen LogP contribution < -0.4 is 10.7 Å². The number of rotatable bonds is 2. The molecule has 4 N–H and O–H groups in total. The van der Waals surface area contributed by atoms with Gasteiger partial charge in [0, 0.05) is 6.20 Å². The average molecular weight is 227 g/mol. The minimum atomic E-state index is -1.06. The summed E-state index contributed by atoms with van der Waals surface area (Å²) in [4.78, 5) is 11.4. The normalized spacial score (nSPS) is 23.4. The zero-order valence-corrected chi connectivity index (χ0v) is 8.67. The van der Waals surface area contributed by atoms with Crippen molar-refractivity contribution in [2.75, 3.05) is 12.0 Å². The fourth-order valence-electron chi connectivity index (χ4n) is 1.53. The summed E-state index contributed by atoms with van der Waals surface area (Å²) in [5.74, 6) is -0.465. The topological polar surface area (TPSA) is 95.8 Å². The van der Waals surface area contributed by atoms with Crippen LogP contribution in [0.3, 0.4) is 0 Å². The van der Waals surface area contributed by atoms with E-state index in [4.69, 9.17) is 4.74 Å². The average Bonchev–Trinajstić information content (AvgIpc) is 2.62. The van der Waals surface area contributed by atoms with E-state index in [1.165, 1.54) is 16.9 Å². The third-order valence-corrected chi connectivity index (χ3v) is 2.22. The van der Waals surface area contributed by atoms with Crippen molar-refractivity contribution in [3.05, 3.63) is 23.5 Å². The number of ether oxygens (including phenoxy) is 1. The van der Waals surface area contributed by atoms with Crippen LogP contribution >= 0.6 is 0 Å². The molecule has 0 saturated carbocycles. The molecule has 2 atom stereocenters. The number of hydrogen-bond acceptors (Lipinski definition) is 6. The minimum absolute atomic E-state index is 0.288. The molecular formula is C9H13N3O4. The Bertz CT molecular complexity index is 403. The molecule has 1 aliphatic rings. The molecule has 0 spiro atoms. The lowest BCUT2D eigenvalue weighted by Gasteiger charge is -2.27. The van der Waals surface area contributed by atoms with Crippen LogP contribution in [0.15, 0.2) is 12.3 Å². The molecule has 1 aromatic rings. The summed E-state index contributed by atoms with van der Waals surface area (Å²) in [5.41, 5.74) is 3.36. The first kappa shape index (κ1) is 10.9. The third kappa shape index (κ3) is 1.87. The molecule has 0 amide bonds. The number of aliphatic hydroxyl groups excluding tert-OH is 2. The molecular weight excluding hydrogens is 214 g/mol. The summed E-state index contributed by atoms with van der Waals surface area (Å²) in [7, 11) is 0. The molecule has 1 aromatic heterocycles. The SMILES string of the molecule is CCOC(=O)c1cc2n(c1)NC(O)NC2O. The van der Waals surface area contributed by atoms with Crippen molar-refractivity contribution >= 4 is 5.97 Å². The number of nitrogens with one attached hydrogen (secondary N) is 2. The predicted octanol–water partition coefficient (Wildman–Crippen LogP) is -0.922. The Balaban J connectivity index is 2.26. The second-order valence-corrected chi connectivity index (χ2v) is 3.34. The summed E-state index contributed by atoms with van der Waals surface area (Å²) in [6.07, 6.45) is -0.634. The molecule has 88 valence electrons. The van der Waals surface area contributed by atoms with Crippen LogP contribution in [0.4, 0.5) is 0 Å². The zero-order valence-electron chi connectivity index (χ0n) is 8.67. The molecule has 0 fully saturated rings. The van der Waals surface area contributed by atoms with Gasteiger partial charge in [-0.05, 0) is 13.0 Å². The monoisotopic (exact) mass is 227 g/mol. The Kier molecular flexibility index (Phi) is 2.82. The summed E-state index contributed by atoms with van der Waals surface area (Å²) in [6, 6.07) is 1.49. The number of aromatic nitrogens is 1. The van der Waals surface area contributed by atoms with Gasteiger partial charge in [0.05, 0.1) is 17.9 Å².